The monoisotopic (exact) mass is 235 g/mol. The molecule has 1 aliphatic rings. The molecule has 0 spiro atoms. The first-order valence-corrected chi connectivity index (χ1v) is 5.86. The number of guanidine groups is 1. The van der Waals surface area contributed by atoms with Crippen LogP contribution in [0.25, 0.3) is 0 Å². The summed E-state index contributed by atoms with van der Waals surface area (Å²) in [5.41, 5.74) is 1.18. The molecule has 4 heteroatoms. The van der Waals surface area contributed by atoms with Crippen molar-refractivity contribution in [2.75, 3.05) is 21.2 Å². The third-order valence-corrected chi connectivity index (χ3v) is 2.70. The highest BCUT2D eigenvalue weighted by Gasteiger charge is 2.12. The van der Waals surface area contributed by atoms with Crippen LogP contribution in [-0.4, -0.2) is 38.3 Å². The smallest absolute Gasteiger partial charge is 0.224 e. The lowest BCUT2D eigenvalue weighted by Gasteiger charge is -2.21. The topological polar surface area (TPSA) is 37.2 Å². The Hall–Kier alpha value is -1.58. The molecule has 0 aromatic rings. The maximum Gasteiger partial charge on any atom is 0.224 e. The van der Waals surface area contributed by atoms with E-state index >= 15 is 0 Å². The molecule has 4 nitrogen and oxygen atoms in total. The predicted molar refractivity (Wildman–Crippen MR) is 72.3 cm³/mol. The lowest BCUT2D eigenvalue weighted by molar-refractivity contribution is 0.304. The maximum absolute atomic E-state index is 5.30. The molecule has 0 radical (unpaired) electrons. The van der Waals surface area contributed by atoms with E-state index in [0.717, 1.165) is 31.0 Å². The summed E-state index contributed by atoms with van der Waals surface area (Å²) >= 11 is 0. The van der Waals surface area contributed by atoms with E-state index in [2.05, 4.69) is 22.1 Å². The van der Waals surface area contributed by atoms with Crippen molar-refractivity contribution >= 4 is 12.2 Å². The molecule has 0 aromatic heterocycles. The van der Waals surface area contributed by atoms with E-state index in [1.165, 1.54) is 5.70 Å². The van der Waals surface area contributed by atoms with Gasteiger partial charge in [-0.05, 0) is 38.3 Å². The van der Waals surface area contributed by atoms with E-state index in [0.29, 0.717) is 0 Å². The van der Waals surface area contributed by atoms with Gasteiger partial charge >= 0.3 is 0 Å². The number of hydrogen-bond donors (Lipinski definition) is 0. The number of hydrogen-bond acceptors (Lipinski definition) is 2. The summed E-state index contributed by atoms with van der Waals surface area (Å²) in [6, 6.07) is 0. The highest BCUT2D eigenvalue weighted by atomic mass is 16.5. The average molecular weight is 235 g/mol. The van der Waals surface area contributed by atoms with Crippen molar-refractivity contribution in [3.05, 3.63) is 23.6 Å². The van der Waals surface area contributed by atoms with Crippen LogP contribution in [0.3, 0.4) is 0 Å². The van der Waals surface area contributed by atoms with Crippen molar-refractivity contribution in [3.8, 4) is 0 Å². The SMILES string of the molecule is CC=NC(=NC)N(C)C1=CC(OC)=CCCC1. The summed E-state index contributed by atoms with van der Waals surface area (Å²) in [7, 11) is 5.44. The van der Waals surface area contributed by atoms with Crippen molar-refractivity contribution < 1.29 is 4.74 Å². The Morgan fingerprint density at radius 2 is 2.29 bits per heavy atom. The molecule has 0 aromatic carbocycles. The number of rotatable bonds is 2. The van der Waals surface area contributed by atoms with E-state index in [-0.39, 0.29) is 0 Å². The van der Waals surface area contributed by atoms with Gasteiger partial charge in [-0.15, -0.1) is 0 Å². The first-order valence-electron chi connectivity index (χ1n) is 5.86. The van der Waals surface area contributed by atoms with Gasteiger partial charge in [0, 0.05) is 26.0 Å². The van der Waals surface area contributed by atoms with E-state index in [9.17, 15) is 0 Å². The van der Waals surface area contributed by atoms with E-state index in [1.807, 2.05) is 18.9 Å². The molecule has 0 unspecified atom stereocenters. The fraction of sp³-hybridized carbons (Fsp3) is 0.538. The van der Waals surface area contributed by atoms with Gasteiger partial charge in [-0.2, -0.15) is 0 Å². The fourth-order valence-electron chi connectivity index (χ4n) is 1.77. The van der Waals surface area contributed by atoms with Crippen LogP contribution in [0, 0.1) is 0 Å². The zero-order valence-electron chi connectivity index (χ0n) is 11.1. The maximum atomic E-state index is 5.30. The van der Waals surface area contributed by atoms with Gasteiger partial charge in [0.25, 0.3) is 0 Å². The van der Waals surface area contributed by atoms with Crippen molar-refractivity contribution in [2.45, 2.75) is 26.2 Å². The minimum Gasteiger partial charge on any atom is -0.497 e. The summed E-state index contributed by atoms with van der Waals surface area (Å²) in [6.45, 7) is 1.89. The van der Waals surface area contributed by atoms with Crippen LogP contribution in [0.5, 0.6) is 0 Å². The minimum absolute atomic E-state index is 0.719. The van der Waals surface area contributed by atoms with Gasteiger partial charge < -0.3 is 9.64 Å². The third kappa shape index (κ3) is 3.73. The summed E-state index contributed by atoms with van der Waals surface area (Å²) in [4.78, 5) is 10.4. The van der Waals surface area contributed by atoms with Crippen LogP contribution in [0.2, 0.25) is 0 Å². The zero-order chi connectivity index (χ0) is 12.7. The van der Waals surface area contributed by atoms with Crippen LogP contribution < -0.4 is 0 Å². The average Bonchev–Trinajstić information content (AvgIpc) is 2.60. The quantitative estimate of drug-likeness (QED) is 0.545. The Morgan fingerprint density at radius 1 is 1.53 bits per heavy atom. The molecule has 0 atom stereocenters. The van der Waals surface area contributed by atoms with E-state index in [4.69, 9.17) is 4.74 Å². The van der Waals surface area contributed by atoms with Gasteiger partial charge in [-0.3, -0.25) is 4.99 Å². The molecule has 0 aliphatic heterocycles. The molecule has 0 amide bonds. The summed E-state index contributed by atoms with van der Waals surface area (Å²) in [5, 5.41) is 0. The van der Waals surface area contributed by atoms with Gasteiger partial charge in [-0.1, -0.05) is 0 Å². The molecule has 0 N–H and O–H groups in total. The molecule has 17 heavy (non-hydrogen) atoms. The molecule has 0 bridgehead atoms. The lowest BCUT2D eigenvalue weighted by atomic mass is 10.2. The van der Waals surface area contributed by atoms with Crippen molar-refractivity contribution in [3.63, 3.8) is 0 Å². The Kier molecular flexibility index (Phi) is 5.46. The molecular weight excluding hydrogens is 214 g/mol. The van der Waals surface area contributed by atoms with Gasteiger partial charge in [0.2, 0.25) is 5.96 Å². The Balaban J connectivity index is 2.91. The Bertz CT molecular complexity index is 367. The van der Waals surface area contributed by atoms with Gasteiger partial charge in [-0.25, -0.2) is 4.99 Å². The number of nitrogens with zero attached hydrogens (tertiary/aromatic N) is 3. The lowest BCUT2D eigenvalue weighted by Crippen LogP contribution is -2.24. The normalized spacial score (nSPS) is 17.5. The van der Waals surface area contributed by atoms with Gasteiger partial charge in [0.15, 0.2) is 0 Å². The van der Waals surface area contributed by atoms with Gasteiger partial charge in [0.1, 0.15) is 5.76 Å². The number of allylic oxidation sites excluding steroid dienone is 3. The fourth-order valence-corrected chi connectivity index (χ4v) is 1.77. The third-order valence-electron chi connectivity index (χ3n) is 2.70. The van der Waals surface area contributed by atoms with Crippen LogP contribution in [0.15, 0.2) is 33.6 Å². The van der Waals surface area contributed by atoms with Crippen molar-refractivity contribution in [1.82, 2.24) is 4.90 Å². The van der Waals surface area contributed by atoms with E-state index < -0.39 is 0 Å². The minimum atomic E-state index is 0.719. The number of methoxy groups -OCH3 is 1. The molecule has 0 saturated carbocycles. The van der Waals surface area contributed by atoms with Gasteiger partial charge in [0.05, 0.1) is 7.11 Å². The second-order valence-electron chi connectivity index (χ2n) is 3.81. The molecule has 0 heterocycles. The van der Waals surface area contributed by atoms with Crippen molar-refractivity contribution in [2.24, 2.45) is 9.98 Å². The van der Waals surface area contributed by atoms with Crippen LogP contribution in [0.4, 0.5) is 0 Å². The predicted octanol–water partition coefficient (Wildman–Crippen LogP) is 2.59. The largest absolute Gasteiger partial charge is 0.497 e. The van der Waals surface area contributed by atoms with Crippen molar-refractivity contribution in [1.29, 1.82) is 0 Å². The van der Waals surface area contributed by atoms with Crippen LogP contribution >= 0.6 is 0 Å². The Morgan fingerprint density at radius 3 is 2.88 bits per heavy atom. The van der Waals surface area contributed by atoms with Crippen LogP contribution in [0.1, 0.15) is 26.2 Å². The molecule has 94 valence electrons. The zero-order valence-corrected chi connectivity index (χ0v) is 11.1. The second kappa shape index (κ2) is 6.89. The summed E-state index contributed by atoms with van der Waals surface area (Å²) in [6.07, 6.45) is 9.11. The van der Waals surface area contributed by atoms with Crippen LogP contribution in [-0.2, 0) is 4.74 Å². The number of aliphatic imine (C=N–C) groups is 2. The molecular formula is C13H21N3O. The molecule has 1 aliphatic carbocycles. The highest BCUT2D eigenvalue weighted by molar-refractivity contribution is 5.88. The highest BCUT2D eigenvalue weighted by Crippen LogP contribution is 2.20. The molecule has 0 fully saturated rings. The standard InChI is InChI=1S/C13H21N3O/c1-5-15-13(14-2)16(3)11-8-6-7-9-12(10-11)17-4/h5,9-10H,6-8H2,1-4H3. The summed E-state index contributed by atoms with van der Waals surface area (Å²) in [5.74, 6) is 1.64. The van der Waals surface area contributed by atoms with E-state index in [1.54, 1.807) is 20.4 Å². The summed E-state index contributed by atoms with van der Waals surface area (Å²) < 4.78 is 5.30. The second-order valence-corrected chi connectivity index (χ2v) is 3.81. The number of ether oxygens (including phenoxy) is 1. The first kappa shape index (κ1) is 13.5. The first-order chi connectivity index (χ1) is 8.22. The molecule has 1 rings (SSSR count). The Labute approximate surface area is 103 Å². The molecule has 0 saturated heterocycles.